The quantitative estimate of drug-likeness (QED) is 0.609. The van der Waals surface area contributed by atoms with E-state index in [1.165, 1.54) is 11.8 Å². The molecular formula is C18H17N5O4S. The van der Waals surface area contributed by atoms with Crippen LogP contribution in [0.2, 0.25) is 0 Å². The fraction of sp³-hybridized carbons (Fsp3) is 0.333. The molecule has 0 aliphatic carbocycles. The first kappa shape index (κ1) is 17.3. The Morgan fingerprint density at radius 1 is 1.07 bits per heavy atom. The smallest absolute Gasteiger partial charge is 0.233 e. The van der Waals surface area contributed by atoms with Crippen molar-refractivity contribution in [3.63, 3.8) is 0 Å². The van der Waals surface area contributed by atoms with Gasteiger partial charge in [0.1, 0.15) is 0 Å². The van der Waals surface area contributed by atoms with Crippen molar-refractivity contribution in [3.05, 3.63) is 30.3 Å². The van der Waals surface area contributed by atoms with E-state index < -0.39 is 0 Å². The molecular weight excluding hydrogens is 382 g/mol. The first-order chi connectivity index (χ1) is 13.8. The molecule has 9 nitrogen and oxygen atoms in total. The zero-order valence-electron chi connectivity index (χ0n) is 14.9. The summed E-state index contributed by atoms with van der Waals surface area (Å²) in [7, 11) is 0. The van der Waals surface area contributed by atoms with Crippen molar-refractivity contribution in [2.45, 2.75) is 5.16 Å². The molecule has 3 aromatic rings. The Hall–Kier alpha value is -2.85. The van der Waals surface area contributed by atoms with Crippen LogP contribution < -0.4 is 9.47 Å². The molecule has 2 aromatic heterocycles. The molecule has 0 bridgehead atoms. The molecule has 1 fully saturated rings. The minimum Gasteiger partial charge on any atom is -0.454 e. The Morgan fingerprint density at radius 2 is 1.93 bits per heavy atom. The van der Waals surface area contributed by atoms with Gasteiger partial charge in [-0.25, -0.2) is 0 Å². The van der Waals surface area contributed by atoms with Crippen molar-refractivity contribution in [2.24, 2.45) is 0 Å². The molecule has 1 aromatic carbocycles. The minimum atomic E-state index is 0.0666. The lowest BCUT2D eigenvalue weighted by atomic mass is 10.1. The number of hydrogen-bond donors (Lipinski definition) is 0. The molecule has 10 heteroatoms. The number of amides is 1. The van der Waals surface area contributed by atoms with Gasteiger partial charge in [-0.05, 0) is 30.3 Å². The minimum absolute atomic E-state index is 0.0666. The number of nitrogens with zero attached hydrogens (tertiary/aromatic N) is 5. The second-order valence-corrected chi connectivity index (χ2v) is 7.26. The molecule has 0 saturated carbocycles. The van der Waals surface area contributed by atoms with E-state index >= 15 is 0 Å². The van der Waals surface area contributed by atoms with Crippen molar-refractivity contribution < 1.29 is 19.0 Å². The second kappa shape index (κ2) is 7.28. The summed E-state index contributed by atoms with van der Waals surface area (Å²) >= 11 is 1.33. The van der Waals surface area contributed by atoms with Crippen LogP contribution in [0, 0.1) is 0 Å². The first-order valence-corrected chi connectivity index (χ1v) is 9.87. The van der Waals surface area contributed by atoms with E-state index in [2.05, 4.69) is 15.3 Å². The van der Waals surface area contributed by atoms with E-state index in [0.717, 1.165) is 17.0 Å². The number of ether oxygens (including phenoxy) is 3. The lowest BCUT2D eigenvalue weighted by Gasteiger charge is -2.26. The normalized spacial score (nSPS) is 15.9. The van der Waals surface area contributed by atoms with E-state index in [-0.39, 0.29) is 18.5 Å². The highest BCUT2D eigenvalue weighted by molar-refractivity contribution is 7.99. The van der Waals surface area contributed by atoms with Crippen molar-refractivity contribution in [1.29, 1.82) is 0 Å². The van der Waals surface area contributed by atoms with E-state index in [4.69, 9.17) is 14.2 Å². The third kappa shape index (κ3) is 3.25. The van der Waals surface area contributed by atoms with Gasteiger partial charge in [-0.2, -0.15) is 9.61 Å². The predicted molar refractivity (Wildman–Crippen MR) is 100 cm³/mol. The Labute approximate surface area is 164 Å². The molecule has 5 rings (SSSR count). The van der Waals surface area contributed by atoms with Crippen LogP contribution in [0.15, 0.2) is 35.5 Å². The second-order valence-electron chi connectivity index (χ2n) is 6.32. The standard InChI is InChI=1S/C18H17N5O4S/c24-17(22-5-7-25-8-6-22)10-28-18-20-19-16-4-2-13(21-23(16)18)12-1-3-14-15(9-12)27-11-26-14/h1-4,9H,5-8,10-11H2. The summed E-state index contributed by atoms with van der Waals surface area (Å²) < 4.78 is 17.7. The van der Waals surface area contributed by atoms with Gasteiger partial charge in [0.2, 0.25) is 17.9 Å². The van der Waals surface area contributed by atoms with Gasteiger partial charge in [0, 0.05) is 18.7 Å². The molecule has 28 heavy (non-hydrogen) atoms. The number of aromatic nitrogens is 4. The topological polar surface area (TPSA) is 91.1 Å². The third-order valence-electron chi connectivity index (χ3n) is 4.59. The lowest BCUT2D eigenvalue weighted by Crippen LogP contribution is -2.41. The molecule has 144 valence electrons. The molecule has 1 amide bonds. The predicted octanol–water partition coefficient (Wildman–Crippen LogP) is 1.47. The summed E-state index contributed by atoms with van der Waals surface area (Å²) in [5.74, 6) is 1.79. The number of benzene rings is 1. The Balaban J connectivity index is 1.37. The van der Waals surface area contributed by atoms with E-state index in [1.807, 2.05) is 35.2 Å². The van der Waals surface area contributed by atoms with Gasteiger partial charge >= 0.3 is 0 Å². The highest BCUT2D eigenvalue weighted by Crippen LogP contribution is 2.35. The summed E-state index contributed by atoms with van der Waals surface area (Å²) in [5, 5.41) is 13.6. The van der Waals surface area contributed by atoms with Gasteiger partial charge in [0.25, 0.3) is 0 Å². The number of rotatable bonds is 4. The highest BCUT2D eigenvalue weighted by atomic mass is 32.2. The molecule has 0 radical (unpaired) electrons. The van der Waals surface area contributed by atoms with Crippen molar-refractivity contribution in [2.75, 3.05) is 38.8 Å². The van der Waals surface area contributed by atoms with E-state index in [0.29, 0.717) is 42.9 Å². The summed E-state index contributed by atoms with van der Waals surface area (Å²) in [6.45, 7) is 2.67. The molecule has 1 saturated heterocycles. The van der Waals surface area contributed by atoms with Crippen LogP contribution in [0.4, 0.5) is 0 Å². The van der Waals surface area contributed by atoms with Crippen molar-refractivity contribution in [3.8, 4) is 22.8 Å². The molecule has 0 unspecified atom stereocenters. The van der Waals surface area contributed by atoms with Gasteiger partial charge in [-0.3, -0.25) is 4.79 Å². The Morgan fingerprint density at radius 3 is 2.82 bits per heavy atom. The molecule has 2 aliphatic heterocycles. The van der Waals surface area contributed by atoms with Gasteiger partial charge in [0.05, 0.1) is 24.7 Å². The van der Waals surface area contributed by atoms with Crippen LogP contribution in [0.25, 0.3) is 16.9 Å². The molecule has 0 spiro atoms. The molecule has 0 atom stereocenters. The lowest BCUT2D eigenvalue weighted by molar-refractivity contribution is -0.132. The summed E-state index contributed by atoms with van der Waals surface area (Å²) in [4.78, 5) is 14.2. The zero-order chi connectivity index (χ0) is 18.9. The van der Waals surface area contributed by atoms with Crippen LogP contribution in [0.1, 0.15) is 0 Å². The maximum absolute atomic E-state index is 12.4. The van der Waals surface area contributed by atoms with Gasteiger partial charge in [0.15, 0.2) is 17.1 Å². The van der Waals surface area contributed by atoms with Crippen LogP contribution in [0.5, 0.6) is 11.5 Å². The zero-order valence-corrected chi connectivity index (χ0v) is 15.7. The summed E-state index contributed by atoms with van der Waals surface area (Å²) in [6.07, 6.45) is 0. The maximum atomic E-state index is 12.4. The van der Waals surface area contributed by atoms with E-state index in [1.54, 1.807) is 4.52 Å². The van der Waals surface area contributed by atoms with Gasteiger partial charge < -0.3 is 19.1 Å². The number of hydrogen-bond acceptors (Lipinski definition) is 8. The molecule has 4 heterocycles. The first-order valence-electron chi connectivity index (χ1n) is 8.89. The molecule has 2 aliphatic rings. The Bertz CT molecular complexity index is 1030. The van der Waals surface area contributed by atoms with Crippen LogP contribution >= 0.6 is 11.8 Å². The van der Waals surface area contributed by atoms with Gasteiger partial charge in [-0.15, -0.1) is 10.2 Å². The largest absolute Gasteiger partial charge is 0.454 e. The summed E-state index contributed by atoms with van der Waals surface area (Å²) in [5.41, 5.74) is 2.29. The number of thioether (sulfide) groups is 1. The number of morpholine rings is 1. The number of carbonyl (C=O) groups excluding carboxylic acids is 1. The Kier molecular flexibility index (Phi) is 4.49. The number of fused-ring (bicyclic) bond motifs is 2. The fourth-order valence-electron chi connectivity index (χ4n) is 3.10. The monoisotopic (exact) mass is 399 g/mol. The fourth-order valence-corrected chi connectivity index (χ4v) is 3.89. The highest BCUT2D eigenvalue weighted by Gasteiger charge is 2.19. The van der Waals surface area contributed by atoms with Crippen LogP contribution in [-0.4, -0.2) is 69.5 Å². The van der Waals surface area contributed by atoms with Crippen molar-refractivity contribution in [1.82, 2.24) is 24.7 Å². The average Bonchev–Trinajstić information content (AvgIpc) is 3.38. The van der Waals surface area contributed by atoms with Crippen LogP contribution in [0.3, 0.4) is 0 Å². The van der Waals surface area contributed by atoms with Gasteiger partial charge in [-0.1, -0.05) is 11.8 Å². The van der Waals surface area contributed by atoms with Crippen molar-refractivity contribution >= 4 is 23.3 Å². The maximum Gasteiger partial charge on any atom is 0.233 e. The summed E-state index contributed by atoms with van der Waals surface area (Å²) in [6, 6.07) is 9.44. The average molecular weight is 399 g/mol. The van der Waals surface area contributed by atoms with E-state index in [9.17, 15) is 4.79 Å². The van der Waals surface area contributed by atoms with Crippen LogP contribution in [-0.2, 0) is 9.53 Å². The third-order valence-corrected chi connectivity index (χ3v) is 5.50. The number of carbonyl (C=O) groups is 1. The SMILES string of the molecule is O=C(CSc1nnc2ccc(-c3ccc4c(c3)OCO4)nn12)N1CCOCC1. The molecule has 0 N–H and O–H groups in total.